The third-order valence-electron chi connectivity index (χ3n) is 1.93. The van der Waals surface area contributed by atoms with Crippen molar-refractivity contribution in [2.75, 3.05) is 20.2 Å². The second-order valence-corrected chi connectivity index (χ2v) is 2.72. The number of aliphatic imine (C=N–C) groups is 1. The molecule has 58 valence electrons. The Morgan fingerprint density at radius 1 is 1.80 bits per heavy atom. The zero-order valence-electron chi connectivity index (χ0n) is 6.54. The molecule has 0 aliphatic carbocycles. The Bertz CT molecular complexity index is 145. The largest absolute Gasteiger partial charge is 0.394 e. The third kappa shape index (κ3) is 1.48. The normalized spacial score (nSPS) is 26.5. The van der Waals surface area contributed by atoms with E-state index in [1.54, 1.807) is 0 Å². The predicted molar refractivity (Wildman–Crippen MR) is 41.2 cm³/mol. The SMILES string of the molecule is CC1=NC(CO)CCN1C. The highest BCUT2D eigenvalue weighted by atomic mass is 16.3. The van der Waals surface area contributed by atoms with Crippen molar-refractivity contribution in [3.63, 3.8) is 0 Å². The number of hydrogen-bond donors (Lipinski definition) is 1. The fraction of sp³-hybridized carbons (Fsp3) is 0.857. The number of aliphatic hydroxyl groups is 1. The minimum atomic E-state index is 0.149. The molecule has 0 aromatic heterocycles. The molecule has 3 heteroatoms. The predicted octanol–water partition coefficient (Wildman–Crippen LogP) is 0.101. The van der Waals surface area contributed by atoms with Crippen LogP contribution in [0.2, 0.25) is 0 Å². The van der Waals surface area contributed by atoms with Crippen molar-refractivity contribution in [1.29, 1.82) is 0 Å². The van der Waals surface area contributed by atoms with Crippen LogP contribution in [0.15, 0.2) is 4.99 Å². The Kier molecular flexibility index (Phi) is 2.27. The summed E-state index contributed by atoms with van der Waals surface area (Å²) in [6.07, 6.45) is 0.977. The smallest absolute Gasteiger partial charge is 0.0959 e. The monoisotopic (exact) mass is 142 g/mol. The quantitative estimate of drug-likeness (QED) is 0.563. The summed E-state index contributed by atoms with van der Waals surface area (Å²) < 4.78 is 0. The van der Waals surface area contributed by atoms with Crippen molar-refractivity contribution in [3.05, 3.63) is 0 Å². The van der Waals surface area contributed by atoms with Crippen LogP contribution in [-0.4, -0.2) is 42.1 Å². The molecule has 1 aliphatic heterocycles. The highest BCUT2D eigenvalue weighted by molar-refractivity contribution is 5.80. The molecule has 1 heterocycles. The number of aliphatic hydroxyl groups excluding tert-OH is 1. The number of nitrogens with zero attached hydrogens (tertiary/aromatic N) is 2. The molecule has 0 radical (unpaired) electrons. The molecular weight excluding hydrogens is 128 g/mol. The Hall–Kier alpha value is -0.570. The fourth-order valence-electron chi connectivity index (χ4n) is 1.06. The summed E-state index contributed by atoms with van der Waals surface area (Å²) in [4.78, 5) is 6.38. The molecular formula is C7H14N2O. The maximum absolute atomic E-state index is 8.77. The van der Waals surface area contributed by atoms with Crippen LogP contribution in [0.3, 0.4) is 0 Å². The standard InChI is InChI=1S/C7H14N2O/c1-6-8-7(5-10)3-4-9(6)2/h7,10H,3-5H2,1-2H3. The van der Waals surface area contributed by atoms with Crippen molar-refractivity contribution in [2.45, 2.75) is 19.4 Å². The lowest BCUT2D eigenvalue weighted by Crippen LogP contribution is -2.34. The van der Waals surface area contributed by atoms with E-state index in [-0.39, 0.29) is 12.6 Å². The molecule has 3 nitrogen and oxygen atoms in total. The lowest BCUT2D eigenvalue weighted by molar-refractivity contribution is 0.245. The Morgan fingerprint density at radius 3 is 3.00 bits per heavy atom. The first-order valence-corrected chi connectivity index (χ1v) is 3.60. The van der Waals surface area contributed by atoms with E-state index in [1.807, 2.05) is 14.0 Å². The summed E-state index contributed by atoms with van der Waals surface area (Å²) >= 11 is 0. The molecule has 1 aliphatic rings. The van der Waals surface area contributed by atoms with Crippen LogP contribution in [0, 0.1) is 0 Å². The first-order chi connectivity index (χ1) is 4.74. The lowest BCUT2D eigenvalue weighted by Gasteiger charge is -2.26. The van der Waals surface area contributed by atoms with Crippen molar-refractivity contribution in [1.82, 2.24) is 4.90 Å². The van der Waals surface area contributed by atoms with E-state index in [2.05, 4.69) is 9.89 Å². The van der Waals surface area contributed by atoms with Gasteiger partial charge in [-0.25, -0.2) is 0 Å². The van der Waals surface area contributed by atoms with Crippen LogP contribution in [0.25, 0.3) is 0 Å². The minimum Gasteiger partial charge on any atom is -0.394 e. The van der Waals surface area contributed by atoms with Crippen molar-refractivity contribution in [2.24, 2.45) is 4.99 Å². The van der Waals surface area contributed by atoms with Crippen LogP contribution in [0.1, 0.15) is 13.3 Å². The summed E-state index contributed by atoms with van der Waals surface area (Å²) in [5.74, 6) is 1.03. The molecule has 0 aromatic rings. The van der Waals surface area contributed by atoms with Crippen LogP contribution >= 0.6 is 0 Å². The first-order valence-electron chi connectivity index (χ1n) is 3.60. The minimum absolute atomic E-state index is 0.149. The molecule has 0 spiro atoms. The highest BCUT2D eigenvalue weighted by Gasteiger charge is 2.14. The van der Waals surface area contributed by atoms with E-state index in [0.29, 0.717) is 0 Å². The molecule has 0 saturated carbocycles. The van der Waals surface area contributed by atoms with Gasteiger partial charge in [-0.2, -0.15) is 0 Å². The fourth-order valence-corrected chi connectivity index (χ4v) is 1.06. The molecule has 1 rings (SSSR count). The summed E-state index contributed by atoms with van der Waals surface area (Å²) in [6.45, 7) is 3.17. The molecule has 0 fully saturated rings. The van der Waals surface area contributed by atoms with E-state index < -0.39 is 0 Å². The molecule has 1 N–H and O–H groups in total. The molecule has 1 unspecified atom stereocenters. The van der Waals surface area contributed by atoms with Crippen LogP contribution in [0.5, 0.6) is 0 Å². The molecule has 0 amide bonds. The molecule has 0 aromatic carbocycles. The van der Waals surface area contributed by atoms with Crippen LogP contribution in [0.4, 0.5) is 0 Å². The third-order valence-corrected chi connectivity index (χ3v) is 1.93. The van der Waals surface area contributed by atoms with Crippen molar-refractivity contribution >= 4 is 5.84 Å². The topological polar surface area (TPSA) is 35.8 Å². The van der Waals surface area contributed by atoms with Gasteiger partial charge in [0.05, 0.1) is 18.5 Å². The van der Waals surface area contributed by atoms with Gasteiger partial charge in [-0.05, 0) is 13.3 Å². The Morgan fingerprint density at radius 2 is 2.50 bits per heavy atom. The second-order valence-electron chi connectivity index (χ2n) is 2.72. The van der Waals surface area contributed by atoms with E-state index in [9.17, 15) is 0 Å². The summed E-state index contributed by atoms with van der Waals surface area (Å²) in [5, 5.41) is 8.77. The van der Waals surface area contributed by atoms with Gasteiger partial charge in [0.2, 0.25) is 0 Å². The maximum Gasteiger partial charge on any atom is 0.0959 e. The van der Waals surface area contributed by atoms with E-state index in [0.717, 1.165) is 18.8 Å². The molecule has 10 heavy (non-hydrogen) atoms. The molecule has 0 bridgehead atoms. The van der Waals surface area contributed by atoms with E-state index >= 15 is 0 Å². The van der Waals surface area contributed by atoms with Gasteiger partial charge in [0.25, 0.3) is 0 Å². The van der Waals surface area contributed by atoms with Gasteiger partial charge < -0.3 is 10.0 Å². The maximum atomic E-state index is 8.77. The van der Waals surface area contributed by atoms with E-state index in [4.69, 9.17) is 5.11 Å². The van der Waals surface area contributed by atoms with E-state index in [1.165, 1.54) is 0 Å². The van der Waals surface area contributed by atoms with Gasteiger partial charge in [0.15, 0.2) is 0 Å². The zero-order valence-corrected chi connectivity index (χ0v) is 6.54. The van der Waals surface area contributed by atoms with Crippen molar-refractivity contribution < 1.29 is 5.11 Å². The van der Waals surface area contributed by atoms with Crippen LogP contribution in [-0.2, 0) is 0 Å². The zero-order chi connectivity index (χ0) is 7.56. The van der Waals surface area contributed by atoms with Crippen molar-refractivity contribution in [3.8, 4) is 0 Å². The Labute approximate surface area is 61.4 Å². The van der Waals surface area contributed by atoms with Crippen LogP contribution < -0.4 is 0 Å². The lowest BCUT2D eigenvalue weighted by atomic mass is 10.2. The average Bonchev–Trinajstić information content (AvgIpc) is 1.95. The number of hydrogen-bond acceptors (Lipinski definition) is 3. The number of rotatable bonds is 1. The van der Waals surface area contributed by atoms with Gasteiger partial charge in [0, 0.05) is 13.6 Å². The highest BCUT2D eigenvalue weighted by Crippen LogP contribution is 2.06. The van der Waals surface area contributed by atoms with Gasteiger partial charge >= 0.3 is 0 Å². The molecule has 1 atom stereocenters. The first kappa shape index (κ1) is 7.54. The van der Waals surface area contributed by atoms with Gasteiger partial charge in [-0.1, -0.05) is 0 Å². The van der Waals surface area contributed by atoms with Gasteiger partial charge in [-0.15, -0.1) is 0 Å². The molecule has 0 saturated heterocycles. The number of amidine groups is 1. The van der Waals surface area contributed by atoms with Gasteiger partial charge in [-0.3, -0.25) is 4.99 Å². The van der Waals surface area contributed by atoms with Gasteiger partial charge in [0.1, 0.15) is 0 Å². The summed E-state index contributed by atoms with van der Waals surface area (Å²) in [6, 6.07) is 0.149. The average molecular weight is 142 g/mol. The Balaban J connectivity index is 2.56. The summed E-state index contributed by atoms with van der Waals surface area (Å²) in [5.41, 5.74) is 0. The second kappa shape index (κ2) is 3.01. The summed E-state index contributed by atoms with van der Waals surface area (Å²) in [7, 11) is 2.02.